The molecule has 0 fully saturated rings. The Bertz CT molecular complexity index is 551. The number of rotatable bonds is 19. The molecular weight excluding hydrogens is 398 g/mol. The summed E-state index contributed by atoms with van der Waals surface area (Å²) in [6, 6.07) is 0. The molecule has 8 nitrogen and oxygen atoms in total. The van der Waals surface area contributed by atoms with Gasteiger partial charge in [0.25, 0.3) is 10.1 Å². The SMILES string of the molecule is CCCCCCCCCCCCCCN(CCO)C(=O)C(CC(=O)O)S(=O)(=O)O. The summed E-state index contributed by atoms with van der Waals surface area (Å²) in [5.41, 5.74) is 0. The molecule has 0 aromatic carbocycles. The number of carboxylic acid groups (broad SMARTS) is 1. The van der Waals surface area contributed by atoms with Gasteiger partial charge in [0.2, 0.25) is 5.91 Å². The molecule has 172 valence electrons. The fourth-order valence-corrected chi connectivity index (χ4v) is 4.04. The quantitative estimate of drug-likeness (QED) is 0.209. The number of carbonyl (C=O) groups excluding carboxylic acids is 1. The van der Waals surface area contributed by atoms with E-state index in [1.54, 1.807) is 0 Å². The maximum atomic E-state index is 12.4. The summed E-state index contributed by atoms with van der Waals surface area (Å²) in [5.74, 6) is -2.47. The van der Waals surface area contributed by atoms with Crippen LogP contribution >= 0.6 is 0 Å². The zero-order valence-corrected chi connectivity index (χ0v) is 18.5. The van der Waals surface area contributed by atoms with Crippen molar-refractivity contribution >= 4 is 22.0 Å². The largest absolute Gasteiger partial charge is 0.481 e. The number of unbranched alkanes of at least 4 members (excludes halogenated alkanes) is 11. The van der Waals surface area contributed by atoms with Gasteiger partial charge in [0, 0.05) is 13.1 Å². The van der Waals surface area contributed by atoms with Crippen LogP contribution in [-0.4, -0.2) is 64.9 Å². The van der Waals surface area contributed by atoms with Gasteiger partial charge in [-0.25, -0.2) is 0 Å². The van der Waals surface area contributed by atoms with Crippen LogP contribution in [0.4, 0.5) is 0 Å². The van der Waals surface area contributed by atoms with Crippen LogP contribution in [0.5, 0.6) is 0 Å². The Balaban J connectivity index is 4.15. The first-order chi connectivity index (χ1) is 13.7. The number of hydrogen-bond donors (Lipinski definition) is 3. The van der Waals surface area contributed by atoms with Crippen molar-refractivity contribution in [2.45, 2.75) is 95.6 Å². The molecule has 0 aliphatic carbocycles. The van der Waals surface area contributed by atoms with Gasteiger partial charge in [0.05, 0.1) is 13.0 Å². The maximum absolute atomic E-state index is 12.4. The Morgan fingerprint density at radius 1 is 0.828 bits per heavy atom. The average Bonchev–Trinajstić information content (AvgIpc) is 2.64. The van der Waals surface area contributed by atoms with Gasteiger partial charge in [-0.3, -0.25) is 14.1 Å². The fraction of sp³-hybridized carbons (Fsp3) is 0.900. The lowest BCUT2D eigenvalue weighted by Gasteiger charge is -2.25. The van der Waals surface area contributed by atoms with E-state index >= 15 is 0 Å². The maximum Gasteiger partial charge on any atom is 0.305 e. The van der Waals surface area contributed by atoms with Crippen LogP contribution in [-0.2, 0) is 19.7 Å². The summed E-state index contributed by atoms with van der Waals surface area (Å²) in [7, 11) is -4.83. The van der Waals surface area contributed by atoms with Gasteiger partial charge in [-0.05, 0) is 6.42 Å². The van der Waals surface area contributed by atoms with E-state index in [4.69, 9.17) is 10.2 Å². The van der Waals surface area contributed by atoms with Crippen LogP contribution in [0.25, 0.3) is 0 Å². The van der Waals surface area contributed by atoms with Gasteiger partial charge < -0.3 is 15.1 Å². The van der Waals surface area contributed by atoms with Crippen LogP contribution < -0.4 is 0 Å². The third kappa shape index (κ3) is 14.4. The van der Waals surface area contributed by atoms with E-state index in [1.165, 1.54) is 51.4 Å². The molecule has 3 N–H and O–H groups in total. The molecule has 0 bridgehead atoms. The van der Waals surface area contributed by atoms with Crippen LogP contribution in [0.1, 0.15) is 90.4 Å². The zero-order chi connectivity index (χ0) is 22.1. The summed E-state index contributed by atoms with van der Waals surface area (Å²) >= 11 is 0. The highest BCUT2D eigenvalue weighted by atomic mass is 32.2. The molecule has 0 saturated carbocycles. The smallest absolute Gasteiger partial charge is 0.305 e. The standard InChI is InChI=1S/C20H39NO7S/c1-2-3-4-5-6-7-8-9-10-11-12-13-14-21(15-16-22)20(25)18(17-19(23)24)29(26,27)28/h18,22H,2-17H2,1H3,(H,23,24)(H,26,27,28). The number of hydrogen-bond acceptors (Lipinski definition) is 5. The van der Waals surface area contributed by atoms with Crippen LogP contribution in [0, 0.1) is 0 Å². The monoisotopic (exact) mass is 437 g/mol. The number of aliphatic carboxylic acids is 1. The van der Waals surface area contributed by atoms with Gasteiger partial charge in [-0.1, -0.05) is 77.6 Å². The van der Waals surface area contributed by atoms with Gasteiger partial charge in [0.15, 0.2) is 5.25 Å². The van der Waals surface area contributed by atoms with Crippen molar-refractivity contribution in [2.24, 2.45) is 0 Å². The summed E-state index contributed by atoms with van der Waals surface area (Å²) in [6.45, 7) is 1.97. The van der Waals surface area contributed by atoms with E-state index in [9.17, 15) is 22.6 Å². The molecule has 0 saturated heterocycles. The number of aliphatic hydroxyl groups excluding tert-OH is 1. The molecule has 0 aliphatic heterocycles. The minimum absolute atomic E-state index is 0.0947. The van der Waals surface area contributed by atoms with Gasteiger partial charge in [-0.15, -0.1) is 0 Å². The van der Waals surface area contributed by atoms with Crippen molar-refractivity contribution in [1.82, 2.24) is 4.90 Å². The highest BCUT2D eigenvalue weighted by Gasteiger charge is 2.36. The topological polar surface area (TPSA) is 132 Å². The van der Waals surface area contributed by atoms with E-state index in [0.29, 0.717) is 6.42 Å². The lowest BCUT2D eigenvalue weighted by molar-refractivity contribution is -0.140. The molecular formula is C20H39NO7S. The Labute approximate surface area is 175 Å². The van der Waals surface area contributed by atoms with E-state index in [-0.39, 0.29) is 19.7 Å². The highest BCUT2D eigenvalue weighted by Crippen LogP contribution is 2.14. The first-order valence-electron chi connectivity index (χ1n) is 10.8. The van der Waals surface area contributed by atoms with E-state index in [0.717, 1.165) is 24.2 Å². The predicted molar refractivity (Wildman–Crippen MR) is 112 cm³/mol. The normalized spacial score (nSPS) is 12.7. The summed E-state index contributed by atoms with van der Waals surface area (Å²) in [6.07, 6.45) is 12.8. The lowest BCUT2D eigenvalue weighted by atomic mass is 10.1. The summed E-state index contributed by atoms with van der Waals surface area (Å²) < 4.78 is 31.9. The molecule has 1 amide bonds. The molecule has 9 heteroatoms. The molecule has 0 spiro atoms. The summed E-state index contributed by atoms with van der Waals surface area (Å²) in [5, 5.41) is 15.9. The Morgan fingerprint density at radius 2 is 1.28 bits per heavy atom. The average molecular weight is 438 g/mol. The van der Waals surface area contributed by atoms with Gasteiger partial charge in [0.1, 0.15) is 0 Å². The second-order valence-electron chi connectivity index (χ2n) is 7.54. The van der Waals surface area contributed by atoms with Gasteiger partial charge >= 0.3 is 5.97 Å². The number of carboxylic acids is 1. The lowest BCUT2D eigenvalue weighted by Crippen LogP contribution is -2.45. The van der Waals surface area contributed by atoms with Crippen molar-refractivity contribution < 1.29 is 32.8 Å². The van der Waals surface area contributed by atoms with Crippen molar-refractivity contribution in [1.29, 1.82) is 0 Å². The molecule has 1 atom stereocenters. The minimum Gasteiger partial charge on any atom is -0.481 e. The van der Waals surface area contributed by atoms with Crippen LogP contribution in [0.2, 0.25) is 0 Å². The molecule has 1 unspecified atom stereocenters. The molecule has 0 aliphatic rings. The molecule has 29 heavy (non-hydrogen) atoms. The molecule has 0 aromatic heterocycles. The van der Waals surface area contributed by atoms with E-state index in [2.05, 4.69) is 6.92 Å². The second-order valence-corrected chi connectivity index (χ2v) is 9.14. The van der Waals surface area contributed by atoms with E-state index in [1.807, 2.05) is 0 Å². The van der Waals surface area contributed by atoms with Crippen molar-refractivity contribution in [3.05, 3.63) is 0 Å². The second kappa shape index (κ2) is 16.6. The minimum atomic E-state index is -4.83. The Kier molecular flexibility index (Phi) is 15.9. The van der Waals surface area contributed by atoms with Gasteiger partial charge in [-0.2, -0.15) is 8.42 Å². The van der Waals surface area contributed by atoms with Crippen LogP contribution in [0.15, 0.2) is 0 Å². The zero-order valence-electron chi connectivity index (χ0n) is 17.7. The first-order valence-corrected chi connectivity index (χ1v) is 12.3. The predicted octanol–water partition coefficient (Wildman–Crippen LogP) is 3.24. The molecule has 0 heterocycles. The third-order valence-corrected chi connectivity index (χ3v) is 6.05. The van der Waals surface area contributed by atoms with Crippen molar-refractivity contribution in [3.8, 4) is 0 Å². The van der Waals surface area contributed by atoms with Crippen molar-refractivity contribution in [3.63, 3.8) is 0 Å². The number of nitrogens with zero attached hydrogens (tertiary/aromatic N) is 1. The first kappa shape index (κ1) is 27.8. The highest BCUT2D eigenvalue weighted by molar-refractivity contribution is 7.87. The third-order valence-electron chi connectivity index (χ3n) is 4.96. The van der Waals surface area contributed by atoms with Crippen LogP contribution in [0.3, 0.4) is 0 Å². The van der Waals surface area contributed by atoms with Crippen molar-refractivity contribution in [2.75, 3.05) is 19.7 Å². The number of amides is 1. The molecule has 0 radical (unpaired) electrons. The summed E-state index contributed by atoms with van der Waals surface area (Å²) in [4.78, 5) is 24.3. The fourth-order valence-electron chi connectivity index (χ4n) is 3.28. The number of carbonyl (C=O) groups is 2. The molecule has 0 rings (SSSR count). The Hall–Kier alpha value is -1.19. The number of aliphatic hydroxyl groups is 1. The van der Waals surface area contributed by atoms with E-state index < -0.39 is 33.7 Å². The Morgan fingerprint density at radius 3 is 1.66 bits per heavy atom. The molecule has 0 aromatic rings.